The topological polar surface area (TPSA) is 9.23 Å². The molecule has 0 radical (unpaired) electrons. The number of halogens is 2. The standard InChI is InChI=1S/C20H28F2O/c1-2-23-18-13-12-17(19(21)20(18)22)16-10-8-15(9-11-16)14-6-4-3-5-7-14/h12-16H,2-11H2,1H3. The Kier molecular flexibility index (Phi) is 5.55. The minimum atomic E-state index is -0.821. The first kappa shape index (κ1) is 16.7. The van der Waals surface area contributed by atoms with Crippen LogP contribution in [-0.2, 0) is 0 Å². The van der Waals surface area contributed by atoms with Gasteiger partial charge in [-0.1, -0.05) is 38.2 Å². The highest BCUT2D eigenvalue weighted by atomic mass is 19.2. The number of ether oxygens (including phenoxy) is 1. The van der Waals surface area contributed by atoms with Gasteiger partial charge in [0.15, 0.2) is 11.6 Å². The van der Waals surface area contributed by atoms with E-state index < -0.39 is 11.6 Å². The monoisotopic (exact) mass is 322 g/mol. The molecular formula is C20H28F2O. The van der Waals surface area contributed by atoms with Gasteiger partial charge in [-0.15, -0.1) is 0 Å². The highest BCUT2D eigenvalue weighted by Crippen LogP contribution is 2.44. The quantitative estimate of drug-likeness (QED) is 0.639. The molecule has 128 valence electrons. The predicted octanol–water partition coefficient (Wildman–Crippen LogP) is 6.22. The molecule has 0 saturated heterocycles. The van der Waals surface area contributed by atoms with E-state index in [1.165, 1.54) is 44.9 Å². The van der Waals surface area contributed by atoms with Crippen LogP contribution in [-0.4, -0.2) is 6.61 Å². The second-order valence-corrected chi connectivity index (χ2v) is 7.22. The largest absolute Gasteiger partial charge is 0.491 e. The van der Waals surface area contributed by atoms with Crippen molar-refractivity contribution in [2.45, 2.75) is 70.6 Å². The summed E-state index contributed by atoms with van der Waals surface area (Å²) in [5, 5.41) is 0. The van der Waals surface area contributed by atoms with Gasteiger partial charge in [0.25, 0.3) is 0 Å². The third kappa shape index (κ3) is 3.70. The number of hydrogen-bond acceptors (Lipinski definition) is 1. The summed E-state index contributed by atoms with van der Waals surface area (Å²) in [6.45, 7) is 2.12. The van der Waals surface area contributed by atoms with Crippen LogP contribution in [0, 0.1) is 23.5 Å². The Bertz CT molecular complexity index is 515. The van der Waals surface area contributed by atoms with E-state index in [1.54, 1.807) is 19.1 Å². The first-order valence-corrected chi connectivity index (χ1v) is 9.31. The van der Waals surface area contributed by atoms with Crippen LogP contribution in [0.5, 0.6) is 5.75 Å². The lowest BCUT2D eigenvalue weighted by Crippen LogP contribution is -2.23. The molecule has 0 unspecified atom stereocenters. The van der Waals surface area contributed by atoms with Crippen molar-refractivity contribution < 1.29 is 13.5 Å². The molecule has 0 N–H and O–H groups in total. The van der Waals surface area contributed by atoms with Crippen molar-refractivity contribution in [2.75, 3.05) is 6.61 Å². The predicted molar refractivity (Wildman–Crippen MR) is 88.8 cm³/mol. The van der Waals surface area contributed by atoms with Crippen molar-refractivity contribution in [2.24, 2.45) is 11.8 Å². The zero-order valence-corrected chi connectivity index (χ0v) is 14.1. The van der Waals surface area contributed by atoms with Gasteiger partial charge in [-0.05, 0) is 62.0 Å². The minimum absolute atomic E-state index is 0.0321. The summed E-state index contributed by atoms with van der Waals surface area (Å²) < 4.78 is 33.6. The summed E-state index contributed by atoms with van der Waals surface area (Å²) in [5.74, 6) is 0.370. The average molecular weight is 322 g/mol. The van der Waals surface area contributed by atoms with Gasteiger partial charge in [-0.25, -0.2) is 4.39 Å². The molecule has 0 aromatic heterocycles. The second kappa shape index (κ2) is 7.63. The maximum atomic E-state index is 14.4. The molecule has 3 heteroatoms. The molecule has 0 amide bonds. The van der Waals surface area contributed by atoms with Crippen LogP contribution in [0.25, 0.3) is 0 Å². The van der Waals surface area contributed by atoms with Crippen LogP contribution in [0.1, 0.15) is 76.2 Å². The Morgan fingerprint density at radius 1 is 0.870 bits per heavy atom. The van der Waals surface area contributed by atoms with Gasteiger partial charge in [0.1, 0.15) is 0 Å². The molecule has 0 bridgehead atoms. The van der Waals surface area contributed by atoms with Crippen LogP contribution in [0.4, 0.5) is 8.78 Å². The molecule has 1 aromatic rings. The average Bonchev–Trinajstić information content (AvgIpc) is 2.60. The molecule has 1 aromatic carbocycles. The Morgan fingerprint density at radius 2 is 1.52 bits per heavy atom. The van der Waals surface area contributed by atoms with Gasteiger partial charge in [0, 0.05) is 0 Å². The summed E-state index contributed by atoms with van der Waals surface area (Å²) in [7, 11) is 0. The van der Waals surface area contributed by atoms with E-state index in [1.807, 2.05) is 0 Å². The number of hydrogen-bond donors (Lipinski definition) is 0. The van der Waals surface area contributed by atoms with Crippen LogP contribution in [0.15, 0.2) is 12.1 Å². The smallest absolute Gasteiger partial charge is 0.200 e. The maximum Gasteiger partial charge on any atom is 0.200 e. The normalized spacial score (nSPS) is 26.2. The van der Waals surface area contributed by atoms with Crippen molar-refractivity contribution in [1.29, 1.82) is 0 Å². The fourth-order valence-corrected chi connectivity index (χ4v) is 4.64. The molecule has 23 heavy (non-hydrogen) atoms. The minimum Gasteiger partial charge on any atom is -0.491 e. The zero-order chi connectivity index (χ0) is 16.2. The van der Waals surface area contributed by atoms with E-state index >= 15 is 0 Å². The number of benzene rings is 1. The number of rotatable bonds is 4. The molecule has 2 fully saturated rings. The van der Waals surface area contributed by atoms with E-state index in [4.69, 9.17) is 4.74 Å². The van der Waals surface area contributed by atoms with Gasteiger partial charge in [-0.3, -0.25) is 0 Å². The lowest BCUT2D eigenvalue weighted by atomic mass is 9.70. The molecule has 3 rings (SSSR count). The molecule has 0 heterocycles. The first-order chi connectivity index (χ1) is 11.2. The summed E-state index contributed by atoms with van der Waals surface area (Å²) in [6.07, 6.45) is 11.2. The third-order valence-corrected chi connectivity index (χ3v) is 5.90. The molecule has 0 atom stereocenters. The molecule has 0 spiro atoms. The highest BCUT2D eigenvalue weighted by molar-refractivity contribution is 5.33. The summed E-state index contributed by atoms with van der Waals surface area (Å²) >= 11 is 0. The van der Waals surface area contributed by atoms with E-state index in [-0.39, 0.29) is 11.7 Å². The van der Waals surface area contributed by atoms with Crippen molar-refractivity contribution in [1.82, 2.24) is 0 Å². The summed E-state index contributed by atoms with van der Waals surface area (Å²) in [6, 6.07) is 3.32. The van der Waals surface area contributed by atoms with Gasteiger partial charge in [0.2, 0.25) is 5.82 Å². The maximum absolute atomic E-state index is 14.4. The molecule has 2 aliphatic carbocycles. The molecule has 2 aliphatic rings. The van der Waals surface area contributed by atoms with E-state index in [0.29, 0.717) is 12.2 Å². The summed E-state index contributed by atoms with van der Waals surface area (Å²) in [5.41, 5.74) is 0.549. The van der Waals surface area contributed by atoms with E-state index in [9.17, 15) is 8.78 Å². The molecule has 1 nitrogen and oxygen atoms in total. The first-order valence-electron chi connectivity index (χ1n) is 9.31. The SMILES string of the molecule is CCOc1ccc(C2CCC(C3CCCCC3)CC2)c(F)c1F. The van der Waals surface area contributed by atoms with Gasteiger partial charge in [-0.2, -0.15) is 4.39 Å². The van der Waals surface area contributed by atoms with Crippen LogP contribution in [0.2, 0.25) is 0 Å². The van der Waals surface area contributed by atoms with Crippen molar-refractivity contribution in [3.8, 4) is 5.75 Å². The van der Waals surface area contributed by atoms with E-state index in [2.05, 4.69) is 0 Å². The van der Waals surface area contributed by atoms with Crippen molar-refractivity contribution >= 4 is 0 Å². The van der Waals surface area contributed by atoms with E-state index in [0.717, 1.165) is 24.7 Å². The van der Waals surface area contributed by atoms with Crippen LogP contribution >= 0.6 is 0 Å². The van der Waals surface area contributed by atoms with Gasteiger partial charge < -0.3 is 4.74 Å². The van der Waals surface area contributed by atoms with Gasteiger partial charge >= 0.3 is 0 Å². The van der Waals surface area contributed by atoms with Crippen LogP contribution < -0.4 is 4.74 Å². The second-order valence-electron chi connectivity index (χ2n) is 7.22. The highest BCUT2D eigenvalue weighted by Gasteiger charge is 2.30. The fourth-order valence-electron chi connectivity index (χ4n) is 4.64. The van der Waals surface area contributed by atoms with Gasteiger partial charge in [0.05, 0.1) is 6.61 Å². The van der Waals surface area contributed by atoms with Crippen molar-refractivity contribution in [3.05, 3.63) is 29.3 Å². The Hall–Kier alpha value is -1.12. The lowest BCUT2D eigenvalue weighted by Gasteiger charge is -2.36. The fraction of sp³-hybridized carbons (Fsp3) is 0.700. The zero-order valence-electron chi connectivity index (χ0n) is 14.1. The van der Waals surface area contributed by atoms with Crippen LogP contribution in [0.3, 0.4) is 0 Å². The Labute approximate surface area is 138 Å². The molecule has 2 saturated carbocycles. The van der Waals surface area contributed by atoms with Crippen molar-refractivity contribution in [3.63, 3.8) is 0 Å². The Balaban J connectivity index is 1.64. The lowest BCUT2D eigenvalue weighted by molar-refractivity contribution is 0.184. The molecule has 0 aliphatic heterocycles. The third-order valence-electron chi connectivity index (χ3n) is 5.90. The molecular weight excluding hydrogens is 294 g/mol. The Morgan fingerprint density at radius 3 is 2.17 bits per heavy atom. The summed E-state index contributed by atoms with van der Waals surface area (Å²) in [4.78, 5) is 0.